The number of likely N-dealkylation sites (tertiary alicyclic amines) is 1. The zero-order chi connectivity index (χ0) is 13.9. The molecule has 0 aromatic heterocycles. The highest BCUT2D eigenvalue weighted by molar-refractivity contribution is 5.69. The fourth-order valence-corrected chi connectivity index (χ4v) is 1.77. The molecule has 1 amide bonds. The van der Waals surface area contributed by atoms with Gasteiger partial charge in [0.1, 0.15) is 5.60 Å². The minimum absolute atomic E-state index is 0.0337. The highest BCUT2D eigenvalue weighted by Crippen LogP contribution is 2.27. The highest BCUT2D eigenvalue weighted by atomic mass is 19.3. The van der Waals surface area contributed by atoms with Crippen LogP contribution in [0.4, 0.5) is 13.6 Å². The Labute approximate surface area is 104 Å². The number of carbonyl (C=O) groups excluding carboxylic acids is 1. The minimum atomic E-state index is -2.68. The highest BCUT2D eigenvalue weighted by Gasteiger charge is 2.41. The number of alkyl halides is 2. The van der Waals surface area contributed by atoms with Crippen LogP contribution in [0.25, 0.3) is 10.4 Å². The number of carbonyl (C=O) groups is 1. The van der Waals surface area contributed by atoms with Crippen LogP contribution < -0.4 is 0 Å². The van der Waals surface area contributed by atoms with E-state index in [0.29, 0.717) is 0 Å². The normalized spacial score (nSPS) is 24.0. The molecule has 0 saturated carbocycles. The van der Waals surface area contributed by atoms with E-state index in [2.05, 4.69) is 10.0 Å². The van der Waals surface area contributed by atoms with Crippen LogP contribution in [0.1, 0.15) is 27.2 Å². The molecule has 0 spiro atoms. The molecule has 0 aromatic carbocycles. The largest absolute Gasteiger partial charge is 0.444 e. The van der Waals surface area contributed by atoms with Crippen molar-refractivity contribution in [2.45, 2.75) is 51.3 Å². The molecule has 0 N–H and O–H groups in total. The van der Waals surface area contributed by atoms with Gasteiger partial charge in [0.05, 0.1) is 12.1 Å². The van der Waals surface area contributed by atoms with Crippen LogP contribution in [-0.2, 0) is 4.74 Å². The van der Waals surface area contributed by atoms with Gasteiger partial charge in [-0.25, -0.2) is 13.6 Å². The van der Waals surface area contributed by atoms with Crippen molar-refractivity contribution in [3.63, 3.8) is 0 Å². The van der Waals surface area contributed by atoms with Gasteiger partial charge in [-0.1, -0.05) is 5.11 Å². The van der Waals surface area contributed by atoms with Crippen LogP contribution in [0.5, 0.6) is 0 Å². The van der Waals surface area contributed by atoms with Crippen molar-refractivity contribution in [3.05, 3.63) is 10.4 Å². The SMILES string of the molecule is CC(C)(C)OC(=O)N1C[C@H](N=[N+]=[N-])C[C@H]1C(F)F. The lowest BCUT2D eigenvalue weighted by atomic mass is 10.2. The van der Waals surface area contributed by atoms with E-state index in [1.54, 1.807) is 20.8 Å². The van der Waals surface area contributed by atoms with E-state index in [-0.39, 0.29) is 13.0 Å². The summed E-state index contributed by atoms with van der Waals surface area (Å²) in [6.07, 6.45) is -3.53. The Balaban J connectivity index is 2.78. The van der Waals surface area contributed by atoms with Crippen LogP contribution in [-0.4, -0.2) is 41.6 Å². The number of amides is 1. The Bertz CT molecular complexity index is 363. The topological polar surface area (TPSA) is 78.3 Å². The molecule has 8 heteroatoms. The number of rotatable bonds is 2. The van der Waals surface area contributed by atoms with Crippen LogP contribution in [0, 0.1) is 0 Å². The summed E-state index contributed by atoms with van der Waals surface area (Å²) in [6, 6.07) is -1.88. The Morgan fingerprint density at radius 1 is 1.56 bits per heavy atom. The molecule has 102 valence electrons. The molecule has 1 fully saturated rings. The Morgan fingerprint density at radius 2 is 2.17 bits per heavy atom. The summed E-state index contributed by atoms with van der Waals surface area (Å²) < 4.78 is 30.7. The Morgan fingerprint density at radius 3 is 2.61 bits per heavy atom. The van der Waals surface area contributed by atoms with Gasteiger partial charge < -0.3 is 4.74 Å². The molecule has 0 bridgehead atoms. The first kappa shape index (κ1) is 14.5. The van der Waals surface area contributed by atoms with Gasteiger partial charge in [0, 0.05) is 11.5 Å². The van der Waals surface area contributed by atoms with E-state index >= 15 is 0 Å². The smallest absolute Gasteiger partial charge is 0.410 e. The first-order valence-electron chi connectivity index (χ1n) is 5.56. The van der Waals surface area contributed by atoms with E-state index in [4.69, 9.17) is 10.3 Å². The Hall–Kier alpha value is -1.56. The fourth-order valence-electron chi connectivity index (χ4n) is 1.77. The van der Waals surface area contributed by atoms with Crippen LogP contribution >= 0.6 is 0 Å². The van der Waals surface area contributed by atoms with Gasteiger partial charge >= 0.3 is 6.09 Å². The summed E-state index contributed by atoms with van der Waals surface area (Å²) in [4.78, 5) is 15.3. The summed E-state index contributed by atoms with van der Waals surface area (Å²) >= 11 is 0. The third-order valence-electron chi connectivity index (χ3n) is 2.46. The molecular formula is C10H16F2N4O2. The minimum Gasteiger partial charge on any atom is -0.444 e. The monoisotopic (exact) mass is 262 g/mol. The molecule has 1 rings (SSSR count). The fraction of sp³-hybridized carbons (Fsp3) is 0.900. The molecule has 0 radical (unpaired) electrons. The lowest BCUT2D eigenvalue weighted by Crippen LogP contribution is -2.43. The van der Waals surface area contributed by atoms with E-state index in [1.807, 2.05) is 0 Å². The van der Waals surface area contributed by atoms with Gasteiger partial charge in [0.15, 0.2) is 0 Å². The van der Waals surface area contributed by atoms with Crippen molar-refractivity contribution in [2.24, 2.45) is 5.11 Å². The van der Waals surface area contributed by atoms with E-state index < -0.39 is 30.2 Å². The lowest BCUT2D eigenvalue weighted by molar-refractivity contribution is -0.00228. The van der Waals surface area contributed by atoms with Crippen LogP contribution in [0.2, 0.25) is 0 Å². The summed E-state index contributed by atoms with van der Waals surface area (Å²) in [7, 11) is 0. The van der Waals surface area contributed by atoms with Crippen molar-refractivity contribution in [1.29, 1.82) is 0 Å². The maximum atomic E-state index is 12.8. The summed E-state index contributed by atoms with van der Waals surface area (Å²) in [5.41, 5.74) is 7.55. The molecule has 1 aliphatic heterocycles. The number of ether oxygens (including phenoxy) is 1. The van der Waals surface area contributed by atoms with E-state index in [0.717, 1.165) is 4.90 Å². The van der Waals surface area contributed by atoms with Gasteiger partial charge in [-0.15, -0.1) is 0 Å². The maximum Gasteiger partial charge on any atom is 0.410 e. The van der Waals surface area contributed by atoms with Crippen molar-refractivity contribution in [3.8, 4) is 0 Å². The van der Waals surface area contributed by atoms with E-state index in [1.165, 1.54) is 0 Å². The van der Waals surface area contributed by atoms with Crippen molar-refractivity contribution >= 4 is 6.09 Å². The van der Waals surface area contributed by atoms with Gasteiger partial charge in [0.25, 0.3) is 6.43 Å². The predicted octanol–water partition coefficient (Wildman–Crippen LogP) is 2.94. The molecule has 1 saturated heterocycles. The average Bonchev–Trinajstić information content (AvgIpc) is 2.59. The van der Waals surface area contributed by atoms with E-state index in [9.17, 15) is 13.6 Å². The summed E-state index contributed by atoms with van der Waals surface area (Å²) in [5, 5.41) is 3.38. The third kappa shape index (κ3) is 3.73. The maximum absolute atomic E-state index is 12.8. The molecule has 18 heavy (non-hydrogen) atoms. The first-order valence-corrected chi connectivity index (χ1v) is 5.56. The number of halogens is 2. The number of nitrogens with zero attached hydrogens (tertiary/aromatic N) is 4. The molecule has 1 heterocycles. The first-order chi connectivity index (χ1) is 8.24. The van der Waals surface area contributed by atoms with Crippen molar-refractivity contribution < 1.29 is 18.3 Å². The molecule has 6 nitrogen and oxygen atoms in total. The second kappa shape index (κ2) is 5.39. The van der Waals surface area contributed by atoms with Gasteiger partial charge in [0.2, 0.25) is 0 Å². The zero-order valence-electron chi connectivity index (χ0n) is 10.5. The van der Waals surface area contributed by atoms with Gasteiger partial charge in [-0.05, 0) is 32.7 Å². The second-order valence-corrected chi connectivity index (χ2v) is 5.13. The third-order valence-corrected chi connectivity index (χ3v) is 2.46. The molecular weight excluding hydrogens is 246 g/mol. The number of azide groups is 1. The predicted molar refractivity (Wildman–Crippen MR) is 60.3 cm³/mol. The molecule has 0 aliphatic carbocycles. The Kier molecular flexibility index (Phi) is 4.34. The summed E-state index contributed by atoms with van der Waals surface area (Å²) in [5.74, 6) is 0. The average molecular weight is 262 g/mol. The van der Waals surface area contributed by atoms with Crippen molar-refractivity contribution in [2.75, 3.05) is 6.54 Å². The molecule has 1 aliphatic rings. The molecule has 2 atom stereocenters. The van der Waals surface area contributed by atoms with Crippen LogP contribution in [0.3, 0.4) is 0 Å². The van der Waals surface area contributed by atoms with Crippen molar-refractivity contribution in [1.82, 2.24) is 4.90 Å². The molecule has 0 unspecified atom stereocenters. The zero-order valence-corrected chi connectivity index (χ0v) is 10.5. The number of hydrogen-bond acceptors (Lipinski definition) is 3. The quantitative estimate of drug-likeness (QED) is 0.435. The standard InChI is InChI=1S/C10H16F2N4O2/c1-10(2,3)18-9(17)16-5-6(14-15-13)4-7(16)8(11)12/h6-8H,4-5H2,1-3H3/t6-,7+/m1/s1. The second-order valence-electron chi connectivity index (χ2n) is 5.13. The molecule has 0 aromatic rings. The number of hydrogen-bond donors (Lipinski definition) is 0. The lowest BCUT2D eigenvalue weighted by Gasteiger charge is -2.28. The van der Waals surface area contributed by atoms with Crippen LogP contribution in [0.15, 0.2) is 5.11 Å². The van der Waals surface area contributed by atoms with Gasteiger partial charge in [-0.3, -0.25) is 4.90 Å². The summed E-state index contributed by atoms with van der Waals surface area (Å²) in [6.45, 7) is 4.93. The van der Waals surface area contributed by atoms with Gasteiger partial charge in [-0.2, -0.15) is 0 Å².